The molecule has 6 heteroatoms. The Labute approximate surface area is 115 Å². The van der Waals surface area contributed by atoms with Gasteiger partial charge in [-0.25, -0.2) is 0 Å². The van der Waals surface area contributed by atoms with Crippen LogP contribution in [0, 0.1) is 0 Å². The van der Waals surface area contributed by atoms with Crippen molar-refractivity contribution in [3.8, 4) is 0 Å². The summed E-state index contributed by atoms with van der Waals surface area (Å²) in [6.45, 7) is 8.65. The van der Waals surface area contributed by atoms with Crippen LogP contribution in [0.4, 0.5) is 0 Å². The lowest BCUT2D eigenvalue weighted by Gasteiger charge is -2.41. The number of hydrogen-bond acceptors (Lipinski definition) is 5. The number of amides is 1. The summed E-state index contributed by atoms with van der Waals surface area (Å²) in [5.41, 5.74) is 5.70. The Morgan fingerprint density at radius 1 is 1.47 bits per heavy atom. The highest BCUT2D eigenvalue weighted by atomic mass is 16.5. The highest BCUT2D eigenvalue weighted by Crippen LogP contribution is 2.15. The molecule has 1 heterocycles. The van der Waals surface area contributed by atoms with E-state index in [9.17, 15) is 4.79 Å². The second kappa shape index (κ2) is 7.79. The molecule has 6 nitrogen and oxygen atoms in total. The summed E-state index contributed by atoms with van der Waals surface area (Å²) in [5.74, 6) is -0.113. The third-order valence-corrected chi connectivity index (χ3v) is 3.53. The minimum Gasteiger partial charge on any atom is -0.385 e. The number of methoxy groups -OCH3 is 1. The topological polar surface area (TPSA) is 76.8 Å². The van der Waals surface area contributed by atoms with E-state index in [2.05, 4.69) is 24.1 Å². The summed E-state index contributed by atoms with van der Waals surface area (Å²) in [6, 6.07) is -0.500. The molecule has 1 aliphatic rings. The second-order valence-electron chi connectivity index (χ2n) is 5.52. The molecule has 0 aliphatic carbocycles. The summed E-state index contributed by atoms with van der Waals surface area (Å²) in [6.07, 6.45) is 0.542. The van der Waals surface area contributed by atoms with E-state index in [1.165, 1.54) is 0 Å². The van der Waals surface area contributed by atoms with E-state index in [0.717, 1.165) is 26.3 Å². The van der Waals surface area contributed by atoms with Crippen LogP contribution >= 0.6 is 0 Å². The van der Waals surface area contributed by atoms with E-state index in [1.807, 2.05) is 0 Å². The van der Waals surface area contributed by atoms with Gasteiger partial charge in [0.2, 0.25) is 5.91 Å². The summed E-state index contributed by atoms with van der Waals surface area (Å²) in [5, 5.41) is 2.93. The largest absolute Gasteiger partial charge is 0.385 e. The van der Waals surface area contributed by atoms with Gasteiger partial charge in [-0.2, -0.15) is 0 Å². The number of rotatable bonds is 7. The van der Waals surface area contributed by atoms with Crippen LogP contribution in [0.1, 0.15) is 20.3 Å². The van der Waals surface area contributed by atoms with Gasteiger partial charge in [0.15, 0.2) is 0 Å². The van der Waals surface area contributed by atoms with Gasteiger partial charge in [0.1, 0.15) is 0 Å². The number of morpholine rings is 1. The van der Waals surface area contributed by atoms with Crippen LogP contribution < -0.4 is 11.1 Å². The molecule has 1 unspecified atom stereocenters. The van der Waals surface area contributed by atoms with Crippen molar-refractivity contribution in [2.24, 2.45) is 5.73 Å². The van der Waals surface area contributed by atoms with E-state index in [1.54, 1.807) is 7.11 Å². The van der Waals surface area contributed by atoms with E-state index in [-0.39, 0.29) is 11.4 Å². The molecule has 0 bridgehead atoms. The van der Waals surface area contributed by atoms with Gasteiger partial charge < -0.3 is 20.5 Å². The van der Waals surface area contributed by atoms with Crippen molar-refractivity contribution >= 4 is 5.91 Å². The molecule has 1 fully saturated rings. The normalized spacial score (nSPS) is 19.2. The van der Waals surface area contributed by atoms with Gasteiger partial charge in [-0.3, -0.25) is 9.69 Å². The second-order valence-corrected chi connectivity index (χ2v) is 5.52. The predicted molar refractivity (Wildman–Crippen MR) is 73.9 cm³/mol. The molecule has 0 saturated carbocycles. The predicted octanol–water partition coefficient (Wildman–Crippen LogP) is -0.423. The third kappa shape index (κ3) is 5.44. The number of nitrogens with two attached hydrogens (primary N) is 1. The molecule has 3 N–H and O–H groups in total. The van der Waals surface area contributed by atoms with Crippen LogP contribution in [0.25, 0.3) is 0 Å². The van der Waals surface area contributed by atoms with Crippen LogP contribution in [0.15, 0.2) is 0 Å². The standard InChI is InChI=1S/C13H27N3O3/c1-13(2,16-5-8-19-9-6-16)10-15-12(17)11(14)4-7-18-3/h11H,4-10,14H2,1-3H3,(H,15,17). The maximum atomic E-state index is 11.8. The maximum Gasteiger partial charge on any atom is 0.237 e. The zero-order chi connectivity index (χ0) is 14.3. The van der Waals surface area contributed by atoms with Gasteiger partial charge in [0.25, 0.3) is 0 Å². The molecule has 19 heavy (non-hydrogen) atoms. The molecular formula is C13H27N3O3. The highest BCUT2D eigenvalue weighted by molar-refractivity contribution is 5.81. The van der Waals surface area contributed by atoms with Crippen molar-refractivity contribution in [1.29, 1.82) is 0 Å². The summed E-state index contributed by atoms with van der Waals surface area (Å²) in [7, 11) is 1.60. The van der Waals surface area contributed by atoms with Gasteiger partial charge in [0, 0.05) is 38.9 Å². The summed E-state index contributed by atoms with van der Waals surface area (Å²) in [4.78, 5) is 14.2. The van der Waals surface area contributed by atoms with Gasteiger partial charge in [-0.1, -0.05) is 0 Å². The molecule has 0 spiro atoms. The molecule has 1 aliphatic heterocycles. The van der Waals surface area contributed by atoms with Crippen molar-refractivity contribution < 1.29 is 14.3 Å². The smallest absolute Gasteiger partial charge is 0.237 e. The molecule has 1 atom stereocenters. The minimum absolute atomic E-state index is 0.0829. The Morgan fingerprint density at radius 3 is 2.68 bits per heavy atom. The van der Waals surface area contributed by atoms with Crippen LogP contribution in [0.5, 0.6) is 0 Å². The summed E-state index contributed by atoms with van der Waals surface area (Å²) < 4.78 is 10.3. The zero-order valence-electron chi connectivity index (χ0n) is 12.3. The lowest BCUT2D eigenvalue weighted by atomic mass is 10.0. The Bertz CT molecular complexity index is 278. The number of ether oxygens (including phenoxy) is 2. The van der Waals surface area contributed by atoms with Gasteiger partial charge >= 0.3 is 0 Å². The lowest BCUT2D eigenvalue weighted by molar-refractivity contribution is -0.123. The third-order valence-electron chi connectivity index (χ3n) is 3.53. The fourth-order valence-electron chi connectivity index (χ4n) is 2.09. The van der Waals surface area contributed by atoms with Crippen LogP contribution in [-0.4, -0.2) is 69.0 Å². The maximum absolute atomic E-state index is 11.8. The first-order chi connectivity index (χ1) is 8.97. The average Bonchev–Trinajstić information content (AvgIpc) is 2.43. The first kappa shape index (κ1) is 16.4. The van der Waals surface area contributed by atoms with Crippen molar-refractivity contribution in [2.75, 3.05) is 46.6 Å². The fourth-order valence-corrected chi connectivity index (χ4v) is 2.09. The van der Waals surface area contributed by atoms with Gasteiger partial charge in [-0.05, 0) is 20.3 Å². The van der Waals surface area contributed by atoms with Crippen LogP contribution in [0.3, 0.4) is 0 Å². The number of hydrogen-bond donors (Lipinski definition) is 2. The fraction of sp³-hybridized carbons (Fsp3) is 0.923. The van der Waals surface area contributed by atoms with Crippen molar-refractivity contribution in [3.63, 3.8) is 0 Å². The molecule has 112 valence electrons. The van der Waals surface area contributed by atoms with Gasteiger partial charge in [-0.15, -0.1) is 0 Å². The Morgan fingerprint density at radius 2 is 2.11 bits per heavy atom. The molecule has 1 rings (SSSR count). The number of carbonyl (C=O) groups is 1. The number of nitrogens with zero attached hydrogens (tertiary/aromatic N) is 1. The lowest BCUT2D eigenvalue weighted by Crippen LogP contribution is -2.56. The van der Waals surface area contributed by atoms with Crippen LogP contribution in [-0.2, 0) is 14.3 Å². The van der Waals surface area contributed by atoms with Gasteiger partial charge in [0.05, 0.1) is 19.3 Å². The monoisotopic (exact) mass is 273 g/mol. The summed E-state index contributed by atoms with van der Waals surface area (Å²) >= 11 is 0. The average molecular weight is 273 g/mol. The van der Waals surface area contributed by atoms with Crippen molar-refractivity contribution in [3.05, 3.63) is 0 Å². The van der Waals surface area contributed by atoms with E-state index in [0.29, 0.717) is 19.6 Å². The molecule has 0 aromatic rings. The molecule has 1 amide bonds. The van der Waals surface area contributed by atoms with E-state index < -0.39 is 6.04 Å². The zero-order valence-corrected chi connectivity index (χ0v) is 12.3. The van der Waals surface area contributed by atoms with Crippen LogP contribution in [0.2, 0.25) is 0 Å². The molecule has 0 radical (unpaired) electrons. The van der Waals surface area contributed by atoms with Crippen molar-refractivity contribution in [2.45, 2.75) is 31.8 Å². The first-order valence-corrected chi connectivity index (χ1v) is 6.82. The van der Waals surface area contributed by atoms with E-state index in [4.69, 9.17) is 15.2 Å². The first-order valence-electron chi connectivity index (χ1n) is 6.82. The SMILES string of the molecule is COCCC(N)C(=O)NCC(C)(C)N1CCOCC1. The highest BCUT2D eigenvalue weighted by Gasteiger charge is 2.29. The molecular weight excluding hydrogens is 246 g/mol. The van der Waals surface area contributed by atoms with Crippen molar-refractivity contribution in [1.82, 2.24) is 10.2 Å². The Kier molecular flexibility index (Phi) is 6.71. The molecule has 1 saturated heterocycles. The number of carbonyl (C=O) groups excluding carboxylic acids is 1. The number of nitrogens with one attached hydrogen (secondary N) is 1. The Balaban J connectivity index is 2.34. The molecule has 0 aromatic carbocycles. The quantitative estimate of drug-likeness (QED) is 0.659. The van der Waals surface area contributed by atoms with E-state index >= 15 is 0 Å². The minimum atomic E-state index is -0.500. The Hall–Kier alpha value is -0.690. The molecule has 0 aromatic heterocycles.